The van der Waals surface area contributed by atoms with E-state index in [1.165, 1.54) is 0 Å². The van der Waals surface area contributed by atoms with Crippen molar-refractivity contribution in [2.24, 2.45) is 5.92 Å². The standard InChI is InChI=1S/C9H11N5O2/c1-3(2)5(15)7-11-4-6(12-7)13-9(10)14-8(4)16/h3,11H,1-2H3,(H3,10,13,14,16)/q+1. The summed E-state index contributed by atoms with van der Waals surface area (Å²) in [5.41, 5.74) is 5.10. The minimum absolute atomic E-state index is 0.0208. The largest absolute Gasteiger partial charge is 0.355 e. The first-order chi connectivity index (χ1) is 7.49. The van der Waals surface area contributed by atoms with Crippen molar-refractivity contribution in [1.82, 2.24) is 15.0 Å². The van der Waals surface area contributed by atoms with Gasteiger partial charge in [-0.3, -0.25) is 19.9 Å². The monoisotopic (exact) mass is 221 g/mol. The minimum Gasteiger partial charge on any atom is -0.355 e. The zero-order valence-corrected chi connectivity index (χ0v) is 8.87. The molecule has 2 rings (SSSR count). The van der Waals surface area contributed by atoms with Crippen molar-refractivity contribution >= 4 is 29.1 Å². The summed E-state index contributed by atoms with van der Waals surface area (Å²) in [6.45, 7) is 3.50. The van der Waals surface area contributed by atoms with Gasteiger partial charge in [0.1, 0.15) is 0 Å². The van der Waals surface area contributed by atoms with Crippen LogP contribution in [0.15, 0.2) is 4.79 Å². The molecule has 1 aliphatic rings. The lowest BCUT2D eigenvalue weighted by Gasteiger charge is -1.98. The molecule has 0 fully saturated rings. The number of fused-ring (bicyclic) bond motifs is 1. The van der Waals surface area contributed by atoms with Crippen LogP contribution in [0.25, 0.3) is 0 Å². The average Bonchev–Trinajstić information content (AvgIpc) is 2.60. The third kappa shape index (κ3) is 1.56. The van der Waals surface area contributed by atoms with E-state index in [2.05, 4.69) is 20.3 Å². The van der Waals surface area contributed by atoms with Crippen LogP contribution >= 0.6 is 0 Å². The maximum Gasteiger partial charge on any atom is 0.346 e. The van der Waals surface area contributed by atoms with Gasteiger partial charge in [0.25, 0.3) is 11.5 Å². The Balaban J connectivity index is 2.42. The zero-order valence-electron chi connectivity index (χ0n) is 8.87. The smallest absolute Gasteiger partial charge is 0.346 e. The number of aliphatic imine (C=N–C) groups is 1. The number of nitrogen functional groups attached to an aromatic ring is 1. The fourth-order valence-electron chi connectivity index (χ4n) is 1.31. The lowest BCUT2D eigenvalue weighted by molar-refractivity contribution is -0.115. The van der Waals surface area contributed by atoms with E-state index in [-0.39, 0.29) is 35.0 Å². The van der Waals surface area contributed by atoms with E-state index in [0.29, 0.717) is 0 Å². The number of anilines is 2. The first-order valence-corrected chi connectivity index (χ1v) is 4.78. The van der Waals surface area contributed by atoms with Gasteiger partial charge in [0, 0.05) is 5.92 Å². The fourth-order valence-corrected chi connectivity index (χ4v) is 1.31. The van der Waals surface area contributed by atoms with Crippen molar-refractivity contribution in [2.45, 2.75) is 13.8 Å². The highest BCUT2D eigenvalue weighted by molar-refractivity contribution is 6.45. The Hall–Kier alpha value is -2.18. The van der Waals surface area contributed by atoms with Crippen LogP contribution in [0, 0.1) is 5.92 Å². The lowest BCUT2D eigenvalue weighted by Crippen LogP contribution is -2.28. The van der Waals surface area contributed by atoms with E-state index in [1.807, 2.05) is 0 Å². The Morgan fingerprint density at radius 1 is 1.50 bits per heavy atom. The zero-order chi connectivity index (χ0) is 11.9. The number of carbonyl (C=O) groups is 1. The van der Waals surface area contributed by atoms with Crippen LogP contribution in [-0.4, -0.2) is 21.6 Å². The average molecular weight is 221 g/mol. The third-order valence-corrected chi connectivity index (χ3v) is 2.14. The van der Waals surface area contributed by atoms with Crippen molar-refractivity contribution in [2.75, 3.05) is 11.1 Å². The van der Waals surface area contributed by atoms with E-state index in [4.69, 9.17) is 5.73 Å². The Labute approximate surface area is 90.8 Å². The number of rotatable bonds is 2. The molecule has 1 aromatic heterocycles. The topological polar surface area (TPSA) is 115 Å². The van der Waals surface area contributed by atoms with Gasteiger partial charge in [-0.15, -0.1) is 0 Å². The van der Waals surface area contributed by atoms with Crippen LogP contribution in [0.3, 0.4) is 0 Å². The van der Waals surface area contributed by atoms with Crippen molar-refractivity contribution in [1.29, 1.82) is 0 Å². The number of H-pyrrole nitrogens is 1. The van der Waals surface area contributed by atoms with Crippen LogP contribution in [0.2, 0.25) is 0 Å². The van der Waals surface area contributed by atoms with Gasteiger partial charge in [0.05, 0.1) is 0 Å². The number of hydrogen-bond acceptors (Lipinski definition) is 6. The van der Waals surface area contributed by atoms with Crippen LogP contribution in [0.5, 0.6) is 0 Å². The Bertz CT molecular complexity index is 543. The molecule has 16 heavy (non-hydrogen) atoms. The molecule has 0 bridgehead atoms. The fraction of sp³-hybridized carbons (Fsp3) is 0.333. The molecule has 7 nitrogen and oxygen atoms in total. The number of carbonyl (C=O) groups excluding carboxylic acids is 1. The van der Waals surface area contributed by atoms with Crippen molar-refractivity contribution in [3.05, 3.63) is 10.4 Å². The van der Waals surface area contributed by atoms with Gasteiger partial charge in [0.2, 0.25) is 11.5 Å². The Morgan fingerprint density at radius 2 is 2.19 bits per heavy atom. The summed E-state index contributed by atoms with van der Waals surface area (Å²) in [6.07, 6.45) is 0. The molecule has 4 N–H and O–H groups in total. The molecule has 0 unspecified atom stereocenters. The predicted octanol–water partition coefficient (Wildman–Crippen LogP) is -0.632. The number of aromatic amines is 1. The highest BCUT2D eigenvalue weighted by atomic mass is 16.1. The van der Waals surface area contributed by atoms with E-state index >= 15 is 0 Å². The van der Waals surface area contributed by atoms with E-state index < -0.39 is 5.56 Å². The summed E-state index contributed by atoms with van der Waals surface area (Å²) in [5, 5.41) is 2.65. The third-order valence-electron chi connectivity index (χ3n) is 2.14. The van der Waals surface area contributed by atoms with Crippen LogP contribution in [0.4, 0.5) is 17.5 Å². The lowest BCUT2D eigenvalue weighted by atomic mass is 10.1. The number of amidine groups is 1. The minimum atomic E-state index is -0.433. The molecule has 1 aliphatic heterocycles. The van der Waals surface area contributed by atoms with Gasteiger partial charge < -0.3 is 5.73 Å². The second-order valence-corrected chi connectivity index (χ2v) is 3.75. The van der Waals surface area contributed by atoms with E-state index in [9.17, 15) is 9.59 Å². The van der Waals surface area contributed by atoms with Crippen molar-refractivity contribution < 1.29 is 4.79 Å². The highest BCUT2D eigenvalue weighted by Gasteiger charge is 2.34. The normalized spacial score (nSPS) is 13.3. The first kappa shape index (κ1) is 10.3. The SMILES string of the molecule is CC(C)C(=O)C1=[N+]c2nc(N)[nH]c(=O)c2N1. The number of hydrogen-bond donors (Lipinski definition) is 3. The Morgan fingerprint density at radius 3 is 2.81 bits per heavy atom. The molecular formula is C9H11N5O2+. The Kier molecular flexibility index (Phi) is 2.22. The van der Waals surface area contributed by atoms with Gasteiger partial charge in [-0.2, -0.15) is 0 Å². The summed E-state index contributed by atoms with van der Waals surface area (Å²) in [4.78, 5) is 33.2. The van der Waals surface area contributed by atoms with E-state index in [0.717, 1.165) is 0 Å². The molecule has 0 aromatic carbocycles. The number of Topliss-reactive ketones (excluding diaryl/α,β-unsaturated/α-hetero) is 1. The second-order valence-electron chi connectivity index (χ2n) is 3.75. The van der Waals surface area contributed by atoms with Crippen LogP contribution in [-0.2, 0) is 4.79 Å². The quantitative estimate of drug-likeness (QED) is 0.615. The molecular weight excluding hydrogens is 210 g/mol. The second kappa shape index (κ2) is 3.44. The van der Waals surface area contributed by atoms with E-state index in [1.54, 1.807) is 13.8 Å². The molecule has 0 saturated heterocycles. The number of ketones is 1. The van der Waals surface area contributed by atoms with Crippen molar-refractivity contribution in [3.8, 4) is 0 Å². The molecule has 83 valence electrons. The molecule has 1 radical (unpaired) electrons. The molecule has 0 aliphatic carbocycles. The first-order valence-electron chi connectivity index (χ1n) is 4.78. The summed E-state index contributed by atoms with van der Waals surface area (Å²) < 4.78 is 0. The van der Waals surface area contributed by atoms with Gasteiger partial charge >= 0.3 is 11.7 Å². The van der Waals surface area contributed by atoms with Gasteiger partial charge in [0.15, 0.2) is 0 Å². The molecule has 0 saturated carbocycles. The molecule has 0 amide bonds. The molecule has 7 heteroatoms. The molecule has 1 aromatic rings. The van der Waals surface area contributed by atoms with Crippen LogP contribution < -0.4 is 21.6 Å². The maximum absolute atomic E-state index is 11.6. The molecule has 0 atom stereocenters. The summed E-state index contributed by atoms with van der Waals surface area (Å²) in [6, 6.07) is 0. The summed E-state index contributed by atoms with van der Waals surface area (Å²) >= 11 is 0. The molecule has 2 heterocycles. The number of aromatic nitrogens is 2. The predicted molar refractivity (Wildman–Crippen MR) is 59.5 cm³/mol. The van der Waals surface area contributed by atoms with Gasteiger partial charge in [-0.25, -0.2) is 0 Å². The summed E-state index contributed by atoms with van der Waals surface area (Å²) in [7, 11) is 0. The van der Waals surface area contributed by atoms with Gasteiger partial charge in [-0.1, -0.05) is 23.8 Å². The maximum atomic E-state index is 11.6. The van der Waals surface area contributed by atoms with Crippen LogP contribution in [0.1, 0.15) is 13.8 Å². The summed E-state index contributed by atoms with van der Waals surface area (Å²) in [5.74, 6) is -0.0978. The number of nitrogens with one attached hydrogen (secondary N) is 2. The molecule has 0 spiro atoms. The van der Waals surface area contributed by atoms with Crippen molar-refractivity contribution in [3.63, 3.8) is 0 Å². The number of nitrogens with two attached hydrogens (primary N) is 1. The number of nitrogens with zero attached hydrogens (tertiary/aromatic N) is 2. The highest BCUT2D eigenvalue weighted by Crippen LogP contribution is 2.18. The van der Waals surface area contributed by atoms with Gasteiger partial charge in [-0.05, 0) is 0 Å².